The molecule has 2 aromatic rings. The van der Waals surface area contributed by atoms with Crippen molar-refractivity contribution in [1.29, 1.82) is 0 Å². The predicted molar refractivity (Wildman–Crippen MR) is 86.2 cm³/mol. The number of rotatable bonds is 4. The Balaban J connectivity index is 2.39. The Bertz CT molecular complexity index is 800. The number of halogens is 3. The van der Waals surface area contributed by atoms with Crippen molar-refractivity contribution in [3.8, 4) is 0 Å². The van der Waals surface area contributed by atoms with E-state index in [0.717, 1.165) is 11.3 Å². The van der Waals surface area contributed by atoms with E-state index in [1.807, 2.05) is 0 Å². The summed E-state index contributed by atoms with van der Waals surface area (Å²) in [4.78, 5) is 10.9. The van der Waals surface area contributed by atoms with Crippen molar-refractivity contribution >= 4 is 72.1 Å². The van der Waals surface area contributed by atoms with E-state index in [1.54, 1.807) is 0 Å². The molecule has 10 heteroatoms. The highest BCUT2D eigenvalue weighted by Gasteiger charge is 2.20. The van der Waals surface area contributed by atoms with E-state index in [2.05, 4.69) is 20.7 Å². The maximum absolute atomic E-state index is 12.2. The summed E-state index contributed by atoms with van der Waals surface area (Å²) in [6.45, 7) is 0. The van der Waals surface area contributed by atoms with E-state index < -0.39 is 16.0 Å². The van der Waals surface area contributed by atoms with Crippen LogP contribution >= 0.6 is 50.5 Å². The van der Waals surface area contributed by atoms with Crippen molar-refractivity contribution in [2.75, 3.05) is 4.72 Å². The molecule has 2 rings (SSSR count). The molecule has 0 spiro atoms. The van der Waals surface area contributed by atoms with Gasteiger partial charge in [-0.05, 0) is 40.2 Å². The second-order valence-electron chi connectivity index (χ2n) is 3.83. The van der Waals surface area contributed by atoms with E-state index in [4.69, 9.17) is 28.3 Å². The van der Waals surface area contributed by atoms with E-state index >= 15 is 0 Å². The Labute approximate surface area is 142 Å². The molecule has 0 radical (unpaired) electrons. The number of sulfonamides is 1. The van der Waals surface area contributed by atoms with Crippen LogP contribution in [0.3, 0.4) is 0 Å². The van der Waals surface area contributed by atoms with E-state index in [0.29, 0.717) is 3.79 Å². The molecular weight excluding hydrogens is 425 g/mol. The lowest BCUT2D eigenvalue weighted by molar-refractivity contribution is 0.0697. The molecule has 0 saturated carbocycles. The molecule has 0 atom stereocenters. The smallest absolute Gasteiger partial charge is 0.335 e. The SMILES string of the molecule is O=C(O)c1cc(Cl)cc(NS(=O)(=O)c2cc(Cl)c(Br)s2)c1. The average molecular weight is 431 g/mol. The summed E-state index contributed by atoms with van der Waals surface area (Å²) in [6, 6.07) is 5.01. The molecule has 0 aliphatic carbocycles. The Morgan fingerprint density at radius 1 is 1.24 bits per heavy atom. The highest BCUT2D eigenvalue weighted by molar-refractivity contribution is 9.11. The minimum Gasteiger partial charge on any atom is -0.478 e. The van der Waals surface area contributed by atoms with Crippen LogP contribution in [0.2, 0.25) is 10.0 Å². The van der Waals surface area contributed by atoms with Gasteiger partial charge in [-0.2, -0.15) is 0 Å². The summed E-state index contributed by atoms with van der Waals surface area (Å²) in [7, 11) is -3.87. The molecule has 1 aromatic heterocycles. The third kappa shape index (κ3) is 3.89. The van der Waals surface area contributed by atoms with Gasteiger partial charge >= 0.3 is 5.97 Å². The van der Waals surface area contributed by atoms with Gasteiger partial charge in [-0.25, -0.2) is 13.2 Å². The molecule has 112 valence electrons. The molecule has 0 aliphatic heterocycles. The lowest BCUT2D eigenvalue weighted by atomic mass is 10.2. The van der Waals surface area contributed by atoms with Crippen molar-refractivity contribution in [1.82, 2.24) is 0 Å². The van der Waals surface area contributed by atoms with E-state index in [-0.39, 0.29) is 25.5 Å². The topological polar surface area (TPSA) is 83.5 Å². The summed E-state index contributed by atoms with van der Waals surface area (Å²) in [5.41, 5.74) is -0.0638. The van der Waals surface area contributed by atoms with Gasteiger partial charge in [0.1, 0.15) is 4.21 Å². The Morgan fingerprint density at radius 2 is 1.90 bits per heavy atom. The molecule has 0 amide bonds. The Hall–Kier alpha value is -0.800. The average Bonchev–Trinajstić information content (AvgIpc) is 2.69. The highest BCUT2D eigenvalue weighted by atomic mass is 79.9. The fourth-order valence-corrected chi connectivity index (χ4v) is 5.11. The van der Waals surface area contributed by atoms with Gasteiger partial charge in [-0.3, -0.25) is 4.72 Å². The maximum atomic E-state index is 12.2. The number of carboxylic acids is 1. The number of hydrogen-bond acceptors (Lipinski definition) is 4. The molecule has 0 unspecified atom stereocenters. The van der Waals surface area contributed by atoms with Crippen molar-refractivity contribution in [2.24, 2.45) is 0 Å². The number of thiophene rings is 1. The summed E-state index contributed by atoms with van der Waals surface area (Å²) in [5.74, 6) is -1.21. The number of carbonyl (C=O) groups is 1. The minimum atomic E-state index is -3.87. The minimum absolute atomic E-state index is 0.00349. The van der Waals surface area contributed by atoms with Crippen LogP contribution in [0.1, 0.15) is 10.4 Å². The lowest BCUT2D eigenvalue weighted by Gasteiger charge is -2.07. The quantitative estimate of drug-likeness (QED) is 0.756. The molecule has 21 heavy (non-hydrogen) atoms. The summed E-state index contributed by atoms with van der Waals surface area (Å²) < 4.78 is 27.1. The summed E-state index contributed by atoms with van der Waals surface area (Å²) in [5, 5.41) is 9.32. The zero-order valence-electron chi connectivity index (χ0n) is 9.93. The largest absolute Gasteiger partial charge is 0.478 e. The highest BCUT2D eigenvalue weighted by Crippen LogP contribution is 2.35. The van der Waals surface area contributed by atoms with Crippen LogP contribution in [0.15, 0.2) is 32.3 Å². The van der Waals surface area contributed by atoms with Gasteiger partial charge in [-0.15, -0.1) is 11.3 Å². The standard InChI is InChI=1S/C11H6BrCl2NO4S2/c12-10-8(14)4-9(20-10)21(18,19)15-7-2-5(11(16)17)1-6(13)3-7/h1-4,15H,(H,16,17). The first-order valence-corrected chi connectivity index (χ1v) is 9.05. The van der Waals surface area contributed by atoms with Crippen molar-refractivity contribution in [3.05, 3.63) is 43.7 Å². The molecule has 5 nitrogen and oxygen atoms in total. The van der Waals surface area contributed by atoms with Gasteiger partial charge in [0.2, 0.25) is 0 Å². The molecule has 0 bridgehead atoms. The van der Waals surface area contributed by atoms with Gasteiger partial charge in [0.05, 0.1) is 20.1 Å². The van der Waals surface area contributed by atoms with Crippen LogP contribution in [0.25, 0.3) is 0 Å². The number of carboxylic acid groups (broad SMARTS) is 1. The number of hydrogen-bond donors (Lipinski definition) is 2. The van der Waals surface area contributed by atoms with Gasteiger partial charge < -0.3 is 5.11 Å². The Morgan fingerprint density at radius 3 is 2.43 bits per heavy atom. The fraction of sp³-hybridized carbons (Fsp3) is 0. The van der Waals surface area contributed by atoms with Crippen LogP contribution in [0, 0.1) is 0 Å². The normalized spacial score (nSPS) is 11.4. The maximum Gasteiger partial charge on any atom is 0.335 e. The second-order valence-corrected chi connectivity index (χ2v) is 8.95. The van der Waals surface area contributed by atoms with Gasteiger partial charge in [0, 0.05) is 5.02 Å². The molecule has 0 aliphatic rings. The second kappa shape index (κ2) is 6.13. The van der Waals surface area contributed by atoms with Crippen LogP contribution < -0.4 is 4.72 Å². The Kier molecular flexibility index (Phi) is 4.84. The molecular formula is C11H6BrCl2NO4S2. The van der Waals surface area contributed by atoms with Crippen LogP contribution in [-0.4, -0.2) is 19.5 Å². The van der Waals surface area contributed by atoms with Crippen molar-refractivity contribution in [3.63, 3.8) is 0 Å². The number of anilines is 1. The first-order chi connectivity index (χ1) is 9.69. The third-order valence-corrected chi connectivity index (χ3v) is 6.83. The molecule has 0 saturated heterocycles. The van der Waals surface area contributed by atoms with Gasteiger partial charge in [-0.1, -0.05) is 23.2 Å². The van der Waals surface area contributed by atoms with Gasteiger partial charge in [0.25, 0.3) is 10.0 Å². The predicted octanol–water partition coefficient (Wildman–Crippen LogP) is 4.32. The van der Waals surface area contributed by atoms with Crippen LogP contribution in [0.5, 0.6) is 0 Å². The van der Waals surface area contributed by atoms with Crippen molar-refractivity contribution in [2.45, 2.75) is 4.21 Å². The lowest BCUT2D eigenvalue weighted by Crippen LogP contribution is -2.12. The summed E-state index contributed by atoms with van der Waals surface area (Å²) >= 11 is 15.6. The molecule has 2 N–H and O–H groups in total. The number of nitrogens with one attached hydrogen (secondary N) is 1. The summed E-state index contributed by atoms with van der Waals surface area (Å²) in [6.07, 6.45) is 0. The number of benzene rings is 1. The first kappa shape index (κ1) is 16.6. The molecule has 1 heterocycles. The van der Waals surface area contributed by atoms with Gasteiger partial charge in [0.15, 0.2) is 0 Å². The first-order valence-electron chi connectivity index (χ1n) is 5.20. The zero-order chi connectivity index (χ0) is 15.8. The third-order valence-electron chi connectivity index (χ3n) is 2.28. The van der Waals surface area contributed by atoms with Crippen LogP contribution in [-0.2, 0) is 10.0 Å². The van der Waals surface area contributed by atoms with Crippen molar-refractivity contribution < 1.29 is 18.3 Å². The number of aromatic carboxylic acids is 1. The van der Waals surface area contributed by atoms with Crippen LogP contribution in [0.4, 0.5) is 5.69 Å². The fourth-order valence-electron chi connectivity index (χ4n) is 1.44. The molecule has 0 fully saturated rings. The van der Waals surface area contributed by atoms with E-state index in [9.17, 15) is 13.2 Å². The monoisotopic (exact) mass is 429 g/mol. The van der Waals surface area contributed by atoms with E-state index in [1.165, 1.54) is 24.3 Å². The molecule has 1 aromatic carbocycles. The zero-order valence-corrected chi connectivity index (χ0v) is 14.7.